The van der Waals surface area contributed by atoms with Crippen molar-refractivity contribution in [1.29, 1.82) is 0 Å². The van der Waals surface area contributed by atoms with Crippen LogP contribution in [0.4, 0.5) is 0 Å². The third-order valence-corrected chi connectivity index (χ3v) is 3.82. The van der Waals surface area contributed by atoms with Gasteiger partial charge in [-0.25, -0.2) is 0 Å². The van der Waals surface area contributed by atoms with E-state index in [1.807, 2.05) is 0 Å². The van der Waals surface area contributed by atoms with Gasteiger partial charge in [0.1, 0.15) is 0 Å². The van der Waals surface area contributed by atoms with E-state index < -0.39 is 0 Å². The second-order valence-electron chi connectivity index (χ2n) is 4.77. The Bertz CT molecular complexity index is 163. The van der Waals surface area contributed by atoms with Gasteiger partial charge in [-0.1, -0.05) is 0 Å². The molecule has 0 aromatic rings. The van der Waals surface area contributed by atoms with Crippen LogP contribution in [0, 0.1) is 5.41 Å². The molecule has 0 aromatic heterocycles. The Hall–Kier alpha value is -0.0800. The van der Waals surface area contributed by atoms with Crippen molar-refractivity contribution in [2.45, 2.75) is 32.1 Å². The maximum atomic E-state index is 5.45. The molecule has 0 unspecified atom stereocenters. The topological polar surface area (TPSA) is 12.5 Å². The first-order chi connectivity index (χ1) is 6.31. The molecule has 0 amide bonds. The molecule has 0 aliphatic carbocycles. The zero-order chi connectivity index (χ0) is 9.15. The highest BCUT2D eigenvalue weighted by Crippen LogP contribution is 2.40. The molecule has 2 heterocycles. The van der Waals surface area contributed by atoms with Gasteiger partial charge in [0.2, 0.25) is 0 Å². The van der Waals surface area contributed by atoms with Crippen molar-refractivity contribution in [1.82, 2.24) is 4.90 Å². The van der Waals surface area contributed by atoms with Gasteiger partial charge in [0.15, 0.2) is 0 Å². The van der Waals surface area contributed by atoms with E-state index in [0.717, 1.165) is 13.2 Å². The molecule has 0 atom stereocenters. The maximum absolute atomic E-state index is 5.45. The van der Waals surface area contributed by atoms with Crippen LogP contribution < -0.4 is 0 Å². The Morgan fingerprint density at radius 3 is 2.54 bits per heavy atom. The lowest BCUT2D eigenvalue weighted by atomic mass is 9.74. The minimum Gasteiger partial charge on any atom is -0.381 e. The van der Waals surface area contributed by atoms with Crippen LogP contribution in [0.2, 0.25) is 0 Å². The lowest BCUT2D eigenvalue weighted by molar-refractivity contribution is 0.00734. The summed E-state index contributed by atoms with van der Waals surface area (Å²) in [5.74, 6) is 0. The summed E-state index contributed by atoms with van der Waals surface area (Å²) >= 11 is 0. The first kappa shape index (κ1) is 9.47. The number of hydrogen-bond acceptors (Lipinski definition) is 2. The molecule has 2 saturated heterocycles. The van der Waals surface area contributed by atoms with E-state index in [0.29, 0.717) is 5.41 Å². The Kier molecular flexibility index (Phi) is 2.89. The van der Waals surface area contributed by atoms with E-state index in [1.54, 1.807) is 0 Å². The van der Waals surface area contributed by atoms with E-state index in [4.69, 9.17) is 4.74 Å². The number of nitrogens with zero attached hydrogens (tertiary/aromatic N) is 1. The SMILES string of the molecule is CN1CCCC2(CCOCC2)CC1. The first-order valence-electron chi connectivity index (χ1n) is 5.57. The van der Waals surface area contributed by atoms with Gasteiger partial charge in [-0.2, -0.15) is 0 Å². The van der Waals surface area contributed by atoms with Crippen LogP contribution in [-0.4, -0.2) is 38.3 Å². The molecule has 2 fully saturated rings. The molecule has 1 spiro atoms. The molecule has 0 saturated carbocycles. The highest BCUT2D eigenvalue weighted by atomic mass is 16.5. The summed E-state index contributed by atoms with van der Waals surface area (Å²) in [6.45, 7) is 4.59. The van der Waals surface area contributed by atoms with Crippen LogP contribution in [0.5, 0.6) is 0 Å². The predicted octanol–water partition coefficient (Wildman–Crippen LogP) is 1.90. The summed E-state index contributed by atoms with van der Waals surface area (Å²) in [5.41, 5.74) is 0.656. The summed E-state index contributed by atoms with van der Waals surface area (Å²) in [4.78, 5) is 2.48. The number of ether oxygens (including phenoxy) is 1. The maximum Gasteiger partial charge on any atom is 0.0471 e. The van der Waals surface area contributed by atoms with E-state index in [2.05, 4.69) is 11.9 Å². The molecule has 0 aromatic carbocycles. The molecular weight excluding hydrogens is 162 g/mol. The van der Waals surface area contributed by atoms with E-state index >= 15 is 0 Å². The van der Waals surface area contributed by atoms with Crippen LogP contribution in [0.15, 0.2) is 0 Å². The lowest BCUT2D eigenvalue weighted by Gasteiger charge is -2.36. The van der Waals surface area contributed by atoms with Gasteiger partial charge < -0.3 is 9.64 Å². The van der Waals surface area contributed by atoms with Gasteiger partial charge in [-0.15, -0.1) is 0 Å². The van der Waals surface area contributed by atoms with Gasteiger partial charge in [0.25, 0.3) is 0 Å². The Morgan fingerprint density at radius 1 is 1.00 bits per heavy atom. The van der Waals surface area contributed by atoms with Gasteiger partial charge in [0, 0.05) is 13.2 Å². The molecule has 2 aliphatic heterocycles. The molecule has 0 N–H and O–H groups in total. The van der Waals surface area contributed by atoms with Crippen molar-refractivity contribution in [2.75, 3.05) is 33.4 Å². The van der Waals surface area contributed by atoms with Gasteiger partial charge in [-0.05, 0) is 57.7 Å². The molecule has 2 aliphatic rings. The third kappa shape index (κ3) is 2.23. The minimum atomic E-state index is 0.656. The average molecular weight is 183 g/mol. The molecule has 0 radical (unpaired) electrons. The summed E-state index contributed by atoms with van der Waals surface area (Å²) in [6.07, 6.45) is 6.83. The van der Waals surface area contributed by atoms with Crippen molar-refractivity contribution in [3.05, 3.63) is 0 Å². The van der Waals surface area contributed by atoms with Crippen molar-refractivity contribution in [3.8, 4) is 0 Å². The van der Waals surface area contributed by atoms with Crippen LogP contribution in [-0.2, 0) is 4.74 Å². The zero-order valence-electron chi connectivity index (χ0n) is 8.72. The zero-order valence-corrected chi connectivity index (χ0v) is 8.72. The third-order valence-electron chi connectivity index (χ3n) is 3.82. The van der Waals surface area contributed by atoms with Gasteiger partial charge >= 0.3 is 0 Å². The Balaban J connectivity index is 1.95. The van der Waals surface area contributed by atoms with E-state index in [1.165, 1.54) is 45.2 Å². The standard InChI is InChI=1S/C11H21NO/c1-12-7-2-3-11(4-8-12)5-9-13-10-6-11/h2-10H2,1H3. The summed E-state index contributed by atoms with van der Waals surface area (Å²) in [5, 5.41) is 0. The summed E-state index contributed by atoms with van der Waals surface area (Å²) in [6, 6.07) is 0. The first-order valence-corrected chi connectivity index (χ1v) is 5.57. The van der Waals surface area contributed by atoms with E-state index in [-0.39, 0.29) is 0 Å². The summed E-state index contributed by atoms with van der Waals surface area (Å²) in [7, 11) is 2.25. The lowest BCUT2D eigenvalue weighted by Crippen LogP contribution is -2.30. The van der Waals surface area contributed by atoms with Crippen molar-refractivity contribution < 1.29 is 4.74 Å². The molecule has 0 bridgehead atoms. The number of rotatable bonds is 0. The monoisotopic (exact) mass is 183 g/mol. The normalized spacial score (nSPS) is 30.2. The highest BCUT2D eigenvalue weighted by molar-refractivity contribution is 4.85. The Morgan fingerprint density at radius 2 is 1.77 bits per heavy atom. The average Bonchev–Trinajstić information content (AvgIpc) is 2.32. The molecule has 13 heavy (non-hydrogen) atoms. The Labute approximate surface area is 81.3 Å². The smallest absolute Gasteiger partial charge is 0.0471 e. The van der Waals surface area contributed by atoms with Crippen LogP contribution in [0.25, 0.3) is 0 Å². The van der Waals surface area contributed by atoms with Crippen molar-refractivity contribution in [3.63, 3.8) is 0 Å². The second-order valence-corrected chi connectivity index (χ2v) is 4.77. The van der Waals surface area contributed by atoms with Crippen LogP contribution >= 0.6 is 0 Å². The van der Waals surface area contributed by atoms with Crippen LogP contribution in [0.3, 0.4) is 0 Å². The van der Waals surface area contributed by atoms with Crippen LogP contribution in [0.1, 0.15) is 32.1 Å². The molecule has 2 rings (SSSR count). The van der Waals surface area contributed by atoms with Gasteiger partial charge in [0.05, 0.1) is 0 Å². The fourth-order valence-electron chi connectivity index (χ4n) is 2.69. The minimum absolute atomic E-state index is 0.656. The second kappa shape index (κ2) is 3.97. The number of likely N-dealkylation sites (tertiary alicyclic amines) is 1. The quantitative estimate of drug-likeness (QED) is 0.568. The van der Waals surface area contributed by atoms with Crippen molar-refractivity contribution in [2.24, 2.45) is 5.41 Å². The predicted molar refractivity (Wildman–Crippen MR) is 53.8 cm³/mol. The van der Waals surface area contributed by atoms with Crippen molar-refractivity contribution >= 4 is 0 Å². The molecule has 76 valence electrons. The van der Waals surface area contributed by atoms with E-state index in [9.17, 15) is 0 Å². The molecule has 2 heteroatoms. The number of hydrogen-bond donors (Lipinski definition) is 0. The summed E-state index contributed by atoms with van der Waals surface area (Å²) < 4.78 is 5.45. The highest BCUT2D eigenvalue weighted by Gasteiger charge is 2.33. The molecular formula is C11H21NO. The fraction of sp³-hybridized carbons (Fsp3) is 1.00. The largest absolute Gasteiger partial charge is 0.381 e. The van der Waals surface area contributed by atoms with Gasteiger partial charge in [-0.3, -0.25) is 0 Å². The fourth-order valence-corrected chi connectivity index (χ4v) is 2.69. The molecule has 2 nitrogen and oxygen atoms in total.